The van der Waals surface area contributed by atoms with Gasteiger partial charge in [0.15, 0.2) is 0 Å². The van der Waals surface area contributed by atoms with Crippen LogP contribution in [0.2, 0.25) is 0 Å². The van der Waals surface area contributed by atoms with Crippen LogP contribution in [0.1, 0.15) is 49.9 Å². The number of aromatic nitrogens is 1. The average Bonchev–Trinajstić information content (AvgIpc) is 3.33. The van der Waals surface area contributed by atoms with Crippen LogP contribution in [0.3, 0.4) is 0 Å². The van der Waals surface area contributed by atoms with Crippen LogP contribution in [-0.4, -0.2) is 4.98 Å². The quantitative estimate of drug-likeness (QED) is 0.235. The van der Waals surface area contributed by atoms with Crippen molar-refractivity contribution in [2.45, 2.75) is 40.4 Å². The molecule has 0 N–H and O–H groups in total. The van der Waals surface area contributed by atoms with Gasteiger partial charge in [-0.25, -0.2) is 0 Å². The predicted octanol–water partition coefficient (Wildman–Crippen LogP) is 9.80. The van der Waals surface area contributed by atoms with Gasteiger partial charge in [0.25, 0.3) is 0 Å². The molecule has 0 fully saturated rings. The highest BCUT2D eigenvalue weighted by atomic mass is 16.3. The lowest BCUT2D eigenvalue weighted by molar-refractivity contribution is 0.410. The van der Waals surface area contributed by atoms with Gasteiger partial charge in [-0.3, -0.25) is 4.98 Å². The van der Waals surface area contributed by atoms with Crippen molar-refractivity contribution in [3.05, 3.63) is 126 Å². The van der Waals surface area contributed by atoms with E-state index in [0.29, 0.717) is 5.69 Å². The molecule has 0 aliphatic rings. The van der Waals surface area contributed by atoms with Gasteiger partial charge in [-0.2, -0.15) is 0 Å². The second kappa shape index (κ2) is 9.61. The zero-order chi connectivity index (χ0) is 30.6. The molecule has 2 aromatic heterocycles. The molecular formula is C36H33NO. The predicted molar refractivity (Wildman–Crippen MR) is 160 cm³/mol. The number of rotatable bonds is 5. The summed E-state index contributed by atoms with van der Waals surface area (Å²) >= 11 is 0. The fourth-order valence-corrected chi connectivity index (χ4v) is 4.93. The van der Waals surface area contributed by atoms with Gasteiger partial charge >= 0.3 is 0 Å². The van der Waals surface area contributed by atoms with Crippen molar-refractivity contribution in [3.63, 3.8) is 0 Å². The SMILES string of the molecule is [2H]C([2H])([2H])c1cnc(-c2ccc3oc4cc(-c5cccc(Cc6ccccc6)c5)ccc4c3c2)cc1C([2H])([2H])C(C)(C)C. The van der Waals surface area contributed by atoms with Crippen LogP contribution in [-0.2, 0) is 12.8 Å². The maximum atomic E-state index is 8.85. The maximum Gasteiger partial charge on any atom is 0.136 e. The number of hydrogen-bond donors (Lipinski definition) is 0. The highest BCUT2D eigenvalue weighted by Gasteiger charge is 2.15. The molecule has 0 saturated carbocycles. The van der Waals surface area contributed by atoms with Crippen molar-refractivity contribution in [1.29, 1.82) is 0 Å². The molecule has 4 aromatic carbocycles. The monoisotopic (exact) mass is 500 g/mol. The van der Waals surface area contributed by atoms with Crippen LogP contribution < -0.4 is 0 Å². The summed E-state index contributed by atoms with van der Waals surface area (Å²) in [5.74, 6) is 0. The minimum absolute atomic E-state index is 0.0635. The zero-order valence-corrected chi connectivity index (χ0v) is 21.9. The molecule has 2 nitrogen and oxygen atoms in total. The minimum atomic E-state index is -2.48. The number of fused-ring (bicyclic) bond motifs is 3. The molecule has 0 aliphatic carbocycles. The van der Waals surface area contributed by atoms with E-state index in [0.717, 1.165) is 45.0 Å². The van der Waals surface area contributed by atoms with Gasteiger partial charge in [0.1, 0.15) is 11.2 Å². The Hall–Kier alpha value is -4.17. The summed E-state index contributed by atoms with van der Waals surface area (Å²) in [5, 5.41) is 1.88. The number of hydrogen-bond acceptors (Lipinski definition) is 2. The Morgan fingerprint density at radius 1 is 0.737 bits per heavy atom. The fourth-order valence-electron chi connectivity index (χ4n) is 4.93. The van der Waals surface area contributed by atoms with Crippen LogP contribution in [0.15, 0.2) is 108 Å². The van der Waals surface area contributed by atoms with E-state index in [1.165, 1.54) is 17.3 Å². The van der Waals surface area contributed by atoms with E-state index >= 15 is 0 Å². The molecule has 38 heavy (non-hydrogen) atoms. The first-order valence-corrected chi connectivity index (χ1v) is 12.9. The van der Waals surface area contributed by atoms with E-state index < -0.39 is 18.6 Å². The van der Waals surface area contributed by atoms with Gasteiger partial charge in [-0.1, -0.05) is 81.4 Å². The third-order valence-corrected chi connectivity index (χ3v) is 6.69. The molecule has 0 bridgehead atoms. The Morgan fingerprint density at radius 3 is 2.34 bits per heavy atom. The van der Waals surface area contributed by atoms with Crippen LogP contribution in [0, 0.1) is 12.3 Å². The fraction of sp³-hybridized carbons (Fsp3) is 0.194. The topological polar surface area (TPSA) is 26.0 Å². The molecular weight excluding hydrogens is 462 g/mol. The Balaban J connectivity index is 1.39. The normalized spacial score (nSPS) is 14.6. The summed E-state index contributed by atoms with van der Waals surface area (Å²) in [6.07, 6.45) is 0.275. The Labute approximate surface area is 232 Å². The number of aryl methyl sites for hydroxylation is 1. The highest BCUT2D eigenvalue weighted by Crippen LogP contribution is 2.35. The summed E-state index contributed by atoms with van der Waals surface area (Å²) in [6, 6.07) is 32.6. The number of benzene rings is 4. The molecule has 6 rings (SSSR count). The first kappa shape index (κ1) is 19.0. The Morgan fingerprint density at radius 2 is 1.53 bits per heavy atom. The highest BCUT2D eigenvalue weighted by molar-refractivity contribution is 6.07. The van der Waals surface area contributed by atoms with E-state index in [-0.39, 0.29) is 11.1 Å². The van der Waals surface area contributed by atoms with E-state index in [1.54, 1.807) is 26.8 Å². The van der Waals surface area contributed by atoms with Gasteiger partial charge in [0.2, 0.25) is 0 Å². The lowest BCUT2D eigenvalue weighted by Crippen LogP contribution is -2.10. The molecule has 0 amide bonds. The molecule has 2 heterocycles. The molecule has 6 aromatic rings. The van der Waals surface area contributed by atoms with E-state index in [2.05, 4.69) is 71.7 Å². The lowest BCUT2D eigenvalue weighted by atomic mass is 9.86. The van der Waals surface area contributed by atoms with E-state index in [9.17, 15) is 0 Å². The van der Waals surface area contributed by atoms with Crippen molar-refractivity contribution < 1.29 is 11.3 Å². The molecule has 188 valence electrons. The summed E-state index contributed by atoms with van der Waals surface area (Å²) in [6.45, 7) is 2.83. The minimum Gasteiger partial charge on any atom is -0.456 e. The molecule has 0 atom stereocenters. The second-order valence-electron chi connectivity index (χ2n) is 10.9. The molecule has 0 radical (unpaired) electrons. The van der Waals surface area contributed by atoms with Crippen molar-refractivity contribution in [1.82, 2.24) is 4.98 Å². The maximum absolute atomic E-state index is 8.85. The molecule has 0 aliphatic heterocycles. The molecule has 0 unspecified atom stereocenters. The summed E-state index contributed by atoms with van der Waals surface area (Å²) in [7, 11) is 0. The largest absolute Gasteiger partial charge is 0.456 e. The second-order valence-corrected chi connectivity index (χ2v) is 10.9. The average molecular weight is 501 g/mol. The van der Waals surface area contributed by atoms with E-state index in [4.69, 9.17) is 11.3 Å². The molecule has 0 spiro atoms. The lowest BCUT2D eigenvalue weighted by Gasteiger charge is -2.20. The van der Waals surface area contributed by atoms with Crippen LogP contribution in [0.4, 0.5) is 0 Å². The van der Waals surface area contributed by atoms with Crippen molar-refractivity contribution in [2.24, 2.45) is 5.41 Å². The Bertz CT molecular complexity index is 1950. The Kier molecular flexibility index (Phi) is 4.80. The van der Waals surface area contributed by atoms with Gasteiger partial charge in [-0.05, 0) is 94.8 Å². The van der Waals surface area contributed by atoms with Crippen molar-refractivity contribution in [3.8, 4) is 22.4 Å². The van der Waals surface area contributed by atoms with Crippen LogP contribution in [0.25, 0.3) is 44.3 Å². The summed E-state index contributed by atoms with van der Waals surface area (Å²) in [5.41, 5.74) is 6.73. The number of pyridine rings is 1. The smallest absolute Gasteiger partial charge is 0.136 e. The van der Waals surface area contributed by atoms with Crippen LogP contribution >= 0.6 is 0 Å². The van der Waals surface area contributed by atoms with Gasteiger partial charge < -0.3 is 4.42 Å². The van der Waals surface area contributed by atoms with Gasteiger partial charge in [0, 0.05) is 29.4 Å². The molecule has 2 heteroatoms. The summed E-state index contributed by atoms with van der Waals surface area (Å²) in [4.78, 5) is 4.48. The number of nitrogens with zero attached hydrogens (tertiary/aromatic N) is 1. The number of furan rings is 1. The van der Waals surface area contributed by atoms with E-state index in [1.807, 2.05) is 24.3 Å². The van der Waals surface area contributed by atoms with Gasteiger partial charge in [0.05, 0.1) is 5.69 Å². The van der Waals surface area contributed by atoms with Crippen molar-refractivity contribution >= 4 is 21.9 Å². The third kappa shape index (κ3) is 4.99. The van der Waals surface area contributed by atoms with Crippen LogP contribution in [0.5, 0.6) is 0 Å². The van der Waals surface area contributed by atoms with Gasteiger partial charge in [-0.15, -0.1) is 0 Å². The van der Waals surface area contributed by atoms with Crippen molar-refractivity contribution in [2.75, 3.05) is 0 Å². The first-order chi connectivity index (χ1) is 20.3. The zero-order valence-electron chi connectivity index (χ0n) is 26.9. The standard InChI is InChI=1S/C36H33NO/c1-24-23-37-33(20-30(24)22-36(2,3)4)29-14-16-34-32(19-29)31-15-13-28(21-35(31)38-34)27-12-8-11-26(18-27)17-25-9-6-5-7-10-25/h5-16,18-21,23H,17,22H2,1-4H3/i1D3,22D2. The summed E-state index contributed by atoms with van der Waals surface area (Å²) < 4.78 is 48.0. The molecule has 0 saturated heterocycles. The third-order valence-electron chi connectivity index (χ3n) is 6.69. The first-order valence-electron chi connectivity index (χ1n) is 15.4.